The van der Waals surface area contributed by atoms with E-state index in [1.807, 2.05) is 0 Å². The summed E-state index contributed by atoms with van der Waals surface area (Å²) in [5, 5.41) is 7.36. The van der Waals surface area contributed by atoms with Crippen molar-refractivity contribution >= 4 is 15.8 Å². The van der Waals surface area contributed by atoms with Crippen LogP contribution in [-0.4, -0.2) is 44.5 Å². The first kappa shape index (κ1) is 20.0. The molecule has 0 aromatic heterocycles. The minimum absolute atomic E-state index is 0.188. The lowest BCUT2D eigenvalue weighted by atomic mass is 9.75. The van der Waals surface area contributed by atoms with E-state index in [2.05, 4.69) is 24.5 Å². The predicted molar refractivity (Wildman–Crippen MR) is 108 cm³/mol. The van der Waals surface area contributed by atoms with Crippen molar-refractivity contribution < 1.29 is 8.42 Å². The maximum atomic E-state index is 11.7. The van der Waals surface area contributed by atoms with Crippen LogP contribution in [0.15, 0.2) is 4.99 Å². The van der Waals surface area contributed by atoms with Gasteiger partial charge in [-0.2, -0.15) is 0 Å². The average Bonchev–Trinajstić information content (AvgIpc) is 2.92. The second kappa shape index (κ2) is 8.49. The van der Waals surface area contributed by atoms with E-state index in [4.69, 9.17) is 4.99 Å². The standard InChI is InChI=1S/C20H37N3O2S/c1-20(2)11-6-9-18(13-20)23-19(22-17-7-4-3-5-8-17)21-14-16-10-12-26(24,25)15-16/h16-18H,3-15H2,1-2H3,(H2,21,22,23). The number of hydrogen-bond acceptors (Lipinski definition) is 3. The summed E-state index contributed by atoms with van der Waals surface area (Å²) in [6.07, 6.45) is 12.1. The summed E-state index contributed by atoms with van der Waals surface area (Å²) >= 11 is 0. The molecule has 5 nitrogen and oxygen atoms in total. The Kier molecular flexibility index (Phi) is 6.52. The maximum absolute atomic E-state index is 11.7. The fraction of sp³-hybridized carbons (Fsp3) is 0.950. The molecule has 6 heteroatoms. The lowest BCUT2D eigenvalue weighted by Gasteiger charge is -2.37. The molecule has 2 saturated carbocycles. The van der Waals surface area contributed by atoms with Crippen LogP contribution in [0.4, 0.5) is 0 Å². The molecule has 1 heterocycles. The average molecular weight is 384 g/mol. The molecule has 0 radical (unpaired) electrons. The molecular weight excluding hydrogens is 346 g/mol. The zero-order valence-electron chi connectivity index (χ0n) is 16.6. The molecule has 0 amide bonds. The Labute approximate surface area is 159 Å². The summed E-state index contributed by atoms with van der Waals surface area (Å²) in [7, 11) is -2.82. The molecule has 0 aromatic rings. The highest BCUT2D eigenvalue weighted by molar-refractivity contribution is 7.91. The van der Waals surface area contributed by atoms with Crippen LogP contribution in [0.3, 0.4) is 0 Å². The summed E-state index contributed by atoms with van der Waals surface area (Å²) in [4.78, 5) is 4.84. The second-order valence-electron chi connectivity index (χ2n) is 9.54. The van der Waals surface area contributed by atoms with Crippen LogP contribution in [-0.2, 0) is 9.84 Å². The van der Waals surface area contributed by atoms with Crippen LogP contribution < -0.4 is 10.6 Å². The molecular formula is C20H37N3O2S. The van der Waals surface area contributed by atoms with Gasteiger partial charge in [0.05, 0.1) is 11.5 Å². The third kappa shape index (κ3) is 6.14. The SMILES string of the molecule is CC1(C)CCCC(NC(=NCC2CCS(=O)(=O)C2)NC2CCCCC2)C1. The van der Waals surface area contributed by atoms with Gasteiger partial charge < -0.3 is 10.6 Å². The molecule has 0 aromatic carbocycles. The summed E-state index contributed by atoms with van der Waals surface area (Å²) in [6, 6.07) is 0.986. The Morgan fingerprint density at radius 1 is 1.00 bits per heavy atom. The monoisotopic (exact) mass is 383 g/mol. The number of nitrogens with zero attached hydrogens (tertiary/aromatic N) is 1. The number of guanidine groups is 1. The van der Waals surface area contributed by atoms with E-state index < -0.39 is 9.84 Å². The molecule has 2 aliphatic carbocycles. The second-order valence-corrected chi connectivity index (χ2v) is 11.8. The Balaban J connectivity index is 1.61. The van der Waals surface area contributed by atoms with E-state index >= 15 is 0 Å². The lowest BCUT2D eigenvalue weighted by Crippen LogP contribution is -2.50. The Hall–Kier alpha value is -0.780. The summed E-state index contributed by atoms with van der Waals surface area (Å²) in [5.74, 6) is 1.75. The van der Waals surface area contributed by atoms with Crippen molar-refractivity contribution in [2.24, 2.45) is 16.3 Å². The number of nitrogens with one attached hydrogen (secondary N) is 2. The first-order valence-electron chi connectivity index (χ1n) is 10.6. The highest BCUT2D eigenvalue weighted by Crippen LogP contribution is 2.35. The van der Waals surface area contributed by atoms with Gasteiger partial charge in [0.15, 0.2) is 15.8 Å². The van der Waals surface area contributed by atoms with Crippen LogP contribution >= 0.6 is 0 Å². The van der Waals surface area contributed by atoms with Crippen LogP contribution in [0.2, 0.25) is 0 Å². The van der Waals surface area contributed by atoms with E-state index in [0.717, 1.165) is 12.4 Å². The fourth-order valence-corrected chi connectivity index (χ4v) is 6.67. The number of rotatable bonds is 4. The fourth-order valence-electron chi connectivity index (χ4n) is 4.82. The first-order chi connectivity index (χ1) is 12.3. The maximum Gasteiger partial charge on any atom is 0.191 e. The molecule has 3 aliphatic rings. The highest BCUT2D eigenvalue weighted by Gasteiger charge is 2.30. The smallest absolute Gasteiger partial charge is 0.191 e. The third-order valence-electron chi connectivity index (χ3n) is 6.33. The van der Waals surface area contributed by atoms with Crippen molar-refractivity contribution in [3.8, 4) is 0 Å². The minimum atomic E-state index is -2.82. The Bertz CT molecular complexity index is 594. The predicted octanol–water partition coefficient (Wildman–Crippen LogP) is 3.26. The van der Waals surface area contributed by atoms with Gasteiger partial charge in [-0.05, 0) is 49.9 Å². The van der Waals surface area contributed by atoms with Gasteiger partial charge in [0.2, 0.25) is 0 Å². The molecule has 2 N–H and O–H groups in total. The molecule has 0 bridgehead atoms. The zero-order chi connectivity index (χ0) is 18.6. The number of sulfone groups is 1. The van der Waals surface area contributed by atoms with Gasteiger partial charge in [-0.1, -0.05) is 39.5 Å². The van der Waals surface area contributed by atoms with E-state index in [9.17, 15) is 8.42 Å². The van der Waals surface area contributed by atoms with Crippen LogP contribution in [0, 0.1) is 11.3 Å². The summed E-state index contributed by atoms with van der Waals surface area (Å²) in [6.45, 7) is 5.34. The molecule has 0 spiro atoms. The molecule has 3 fully saturated rings. The van der Waals surface area contributed by atoms with Crippen molar-refractivity contribution in [3.05, 3.63) is 0 Å². The molecule has 2 unspecified atom stereocenters. The van der Waals surface area contributed by atoms with Crippen molar-refractivity contribution in [1.82, 2.24) is 10.6 Å². The zero-order valence-corrected chi connectivity index (χ0v) is 17.4. The molecule has 1 aliphatic heterocycles. The summed E-state index contributed by atoms with van der Waals surface area (Å²) in [5.41, 5.74) is 0.394. The van der Waals surface area contributed by atoms with Crippen LogP contribution in [0.25, 0.3) is 0 Å². The number of aliphatic imine (C=N–C) groups is 1. The number of hydrogen-bond donors (Lipinski definition) is 2. The van der Waals surface area contributed by atoms with E-state index in [1.54, 1.807) is 0 Å². The van der Waals surface area contributed by atoms with Gasteiger partial charge in [-0.25, -0.2) is 8.42 Å². The van der Waals surface area contributed by atoms with Crippen molar-refractivity contribution in [3.63, 3.8) is 0 Å². The van der Waals surface area contributed by atoms with E-state index in [1.165, 1.54) is 57.8 Å². The van der Waals surface area contributed by atoms with Crippen molar-refractivity contribution in [1.29, 1.82) is 0 Å². The quantitative estimate of drug-likeness (QED) is 0.577. The highest BCUT2D eigenvalue weighted by atomic mass is 32.2. The third-order valence-corrected chi connectivity index (χ3v) is 8.16. The minimum Gasteiger partial charge on any atom is -0.354 e. The molecule has 2 atom stereocenters. The topological polar surface area (TPSA) is 70.6 Å². The van der Waals surface area contributed by atoms with E-state index in [0.29, 0.717) is 35.5 Å². The van der Waals surface area contributed by atoms with Gasteiger partial charge in [-0.15, -0.1) is 0 Å². The van der Waals surface area contributed by atoms with Gasteiger partial charge >= 0.3 is 0 Å². The normalized spacial score (nSPS) is 32.3. The van der Waals surface area contributed by atoms with Gasteiger partial charge in [-0.3, -0.25) is 4.99 Å². The molecule has 26 heavy (non-hydrogen) atoms. The lowest BCUT2D eigenvalue weighted by molar-refractivity contribution is 0.209. The van der Waals surface area contributed by atoms with E-state index in [-0.39, 0.29) is 5.92 Å². The Morgan fingerprint density at radius 3 is 2.35 bits per heavy atom. The van der Waals surface area contributed by atoms with Crippen LogP contribution in [0.1, 0.15) is 78.1 Å². The van der Waals surface area contributed by atoms with Gasteiger partial charge in [0.25, 0.3) is 0 Å². The van der Waals surface area contributed by atoms with Gasteiger partial charge in [0.1, 0.15) is 0 Å². The first-order valence-corrected chi connectivity index (χ1v) is 12.4. The van der Waals surface area contributed by atoms with Crippen LogP contribution in [0.5, 0.6) is 0 Å². The molecule has 3 rings (SSSR count). The van der Waals surface area contributed by atoms with Crippen molar-refractivity contribution in [2.75, 3.05) is 18.1 Å². The Morgan fingerprint density at radius 2 is 1.69 bits per heavy atom. The molecule has 1 saturated heterocycles. The summed E-state index contributed by atoms with van der Waals surface area (Å²) < 4.78 is 23.4. The molecule has 150 valence electrons. The van der Waals surface area contributed by atoms with Gasteiger partial charge in [0, 0.05) is 18.6 Å². The largest absolute Gasteiger partial charge is 0.354 e. The van der Waals surface area contributed by atoms with Crippen molar-refractivity contribution in [2.45, 2.75) is 90.1 Å².